The summed E-state index contributed by atoms with van der Waals surface area (Å²) in [4.78, 5) is 0. The van der Waals surface area contributed by atoms with Crippen LogP contribution in [0.5, 0.6) is 5.75 Å². The van der Waals surface area contributed by atoms with Crippen molar-refractivity contribution < 1.29 is 8.95 Å². The standard InChI is InChI=1S/C13H19NO2S/c1-10-11(7-6-8-12(10)16-5)9-14-17(15)13(2,3)4/h6-9H,1-5H3/b14-9+/t17-/m1/s1. The highest BCUT2D eigenvalue weighted by Crippen LogP contribution is 2.20. The Morgan fingerprint density at radius 1 is 1.35 bits per heavy atom. The van der Waals surface area contributed by atoms with Crippen molar-refractivity contribution in [2.45, 2.75) is 32.4 Å². The summed E-state index contributed by atoms with van der Waals surface area (Å²) in [6, 6.07) is 5.72. The van der Waals surface area contributed by atoms with Crippen molar-refractivity contribution in [3.05, 3.63) is 29.3 Å². The van der Waals surface area contributed by atoms with Gasteiger partial charge in [-0.15, -0.1) is 0 Å². The van der Waals surface area contributed by atoms with Gasteiger partial charge in [0.25, 0.3) is 0 Å². The maximum Gasteiger partial charge on any atom is 0.144 e. The quantitative estimate of drug-likeness (QED) is 0.777. The Bertz CT molecular complexity index is 447. The highest BCUT2D eigenvalue weighted by atomic mass is 32.2. The molecule has 94 valence electrons. The molecule has 0 radical (unpaired) electrons. The molecule has 0 spiro atoms. The lowest BCUT2D eigenvalue weighted by Gasteiger charge is -2.13. The van der Waals surface area contributed by atoms with E-state index in [1.165, 1.54) is 0 Å². The van der Waals surface area contributed by atoms with Crippen LogP contribution >= 0.6 is 0 Å². The summed E-state index contributed by atoms with van der Waals surface area (Å²) in [5, 5.41) is 0. The topological polar surface area (TPSA) is 38.7 Å². The Labute approximate surface area is 106 Å². The molecule has 1 aromatic rings. The summed E-state index contributed by atoms with van der Waals surface area (Å²) in [5.41, 5.74) is 1.94. The second-order valence-corrected chi connectivity index (χ2v) is 6.70. The van der Waals surface area contributed by atoms with Crippen LogP contribution in [0, 0.1) is 6.92 Å². The van der Waals surface area contributed by atoms with Crippen molar-refractivity contribution in [3.63, 3.8) is 0 Å². The highest BCUT2D eigenvalue weighted by molar-refractivity contribution is 7.85. The van der Waals surface area contributed by atoms with E-state index in [-0.39, 0.29) is 4.75 Å². The molecule has 0 aliphatic carbocycles. The zero-order valence-corrected chi connectivity index (χ0v) is 11.8. The highest BCUT2D eigenvalue weighted by Gasteiger charge is 2.18. The first kappa shape index (κ1) is 13.9. The van der Waals surface area contributed by atoms with Crippen LogP contribution in [0.1, 0.15) is 31.9 Å². The van der Waals surface area contributed by atoms with Crippen molar-refractivity contribution in [1.29, 1.82) is 0 Å². The summed E-state index contributed by atoms with van der Waals surface area (Å²) in [7, 11) is 0.409. The van der Waals surface area contributed by atoms with E-state index < -0.39 is 11.0 Å². The third-order valence-electron chi connectivity index (χ3n) is 2.36. The smallest absolute Gasteiger partial charge is 0.144 e. The van der Waals surface area contributed by atoms with E-state index >= 15 is 0 Å². The molecular formula is C13H19NO2S. The van der Waals surface area contributed by atoms with Gasteiger partial charge in [-0.05, 0) is 39.3 Å². The van der Waals surface area contributed by atoms with E-state index in [4.69, 9.17) is 4.74 Å². The van der Waals surface area contributed by atoms with Gasteiger partial charge in [0.05, 0.1) is 11.9 Å². The van der Waals surface area contributed by atoms with Gasteiger partial charge in [-0.3, -0.25) is 0 Å². The fraction of sp³-hybridized carbons (Fsp3) is 0.462. The molecule has 1 aromatic carbocycles. The van der Waals surface area contributed by atoms with Crippen LogP contribution in [0.4, 0.5) is 0 Å². The third kappa shape index (κ3) is 3.66. The van der Waals surface area contributed by atoms with Crippen LogP contribution in [0.15, 0.2) is 22.6 Å². The zero-order valence-electron chi connectivity index (χ0n) is 11.0. The SMILES string of the molecule is COc1cccc(/C=N/[S@](=O)C(C)(C)C)c1C. The Morgan fingerprint density at radius 3 is 2.53 bits per heavy atom. The van der Waals surface area contributed by atoms with E-state index in [1.54, 1.807) is 13.3 Å². The van der Waals surface area contributed by atoms with Gasteiger partial charge in [-0.25, -0.2) is 4.21 Å². The molecule has 0 saturated carbocycles. The van der Waals surface area contributed by atoms with Gasteiger partial charge in [-0.1, -0.05) is 12.1 Å². The minimum atomic E-state index is -1.23. The molecule has 0 amide bonds. The molecule has 0 aliphatic rings. The molecule has 0 fully saturated rings. The normalized spacial score (nSPS) is 13.9. The third-order valence-corrected chi connectivity index (χ3v) is 3.70. The number of hydrogen-bond acceptors (Lipinski definition) is 2. The maximum absolute atomic E-state index is 11.8. The zero-order chi connectivity index (χ0) is 13.1. The van der Waals surface area contributed by atoms with Crippen molar-refractivity contribution in [2.24, 2.45) is 4.40 Å². The van der Waals surface area contributed by atoms with Crippen LogP contribution in [0.3, 0.4) is 0 Å². The number of methoxy groups -OCH3 is 1. The lowest BCUT2D eigenvalue weighted by atomic mass is 10.1. The second-order valence-electron chi connectivity index (χ2n) is 4.77. The Kier molecular flexibility index (Phi) is 4.46. The average molecular weight is 253 g/mol. The van der Waals surface area contributed by atoms with Crippen molar-refractivity contribution >= 4 is 17.2 Å². The lowest BCUT2D eigenvalue weighted by molar-refractivity contribution is 0.411. The average Bonchev–Trinajstić information content (AvgIpc) is 2.26. The van der Waals surface area contributed by atoms with Crippen LogP contribution < -0.4 is 4.74 Å². The monoisotopic (exact) mass is 253 g/mol. The molecule has 0 aliphatic heterocycles. The molecular weight excluding hydrogens is 234 g/mol. The van der Waals surface area contributed by atoms with Crippen LogP contribution in [0.25, 0.3) is 0 Å². The van der Waals surface area contributed by atoms with Crippen molar-refractivity contribution in [3.8, 4) is 5.75 Å². The van der Waals surface area contributed by atoms with Gasteiger partial charge in [-0.2, -0.15) is 4.40 Å². The van der Waals surface area contributed by atoms with Gasteiger partial charge in [0.1, 0.15) is 16.7 Å². The van der Waals surface area contributed by atoms with Crippen molar-refractivity contribution in [1.82, 2.24) is 0 Å². The summed E-state index contributed by atoms with van der Waals surface area (Å²) < 4.78 is 20.8. The number of rotatable bonds is 3. The number of nitrogens with zero attached hydrogens (tertiary/aromatic N) is 1. The molecule has 0 N–H and O–H groups in total. The lowest BCUT2D eigenvalue weighted by Crippen LogP contribution is -2.19. The molecule has 1 rings (SSSR count). The first-order chi connectivity index (χ1) is 7.86. The largest absolute Gasteiger partial charge is 0.496 e. The molecule has 0 saturated heterocycles. The summed E-state index contributed by atoms with van der Waals surface area (Å²) in [6.07, 6.45) is 1.65. The molecule has 4 heteroatoms. The molecule has 0 bridgehead atoms. The van der Waals surface area contributed by atoms with Gasteiger partial charge < -0.3 is 4.74 Å². The molecule has 1 atom stereocenters. The van der Waals surface area contributed by atoms with Crippen LogP contribution in [-0.4, -0.2) is 22.3 Å². The predicted molar refractivity (Wildman–Crippen MR) is 73.2 cm³/mol. The fourth-order valence-electron chi connectivity index (χ4n) is 1.26. The van der Waals surface area contributed by atoms with Crippen LogP contribution in [0.2, 0.25) is 0 Å². The fourth-order valence-corrected chi connectivity index (χ4v) is 1.78. The predicted octanol–water partition coefficient (Wildman–Crippen LogP) is 2.88. The van der Waals surface area contributed by atoms with E-state index in [0.29, 0.717) is 0 Å². The van der Waals surface area contributed by atoms with E-state index in [2.05, 4.69) is 4.40 Å². The van der Waals surface area contributed by atoms with Gasteiger partial charge in [0.15, 0.2) is 0 Å². The van der Waals surface area contributed by atoms with E-state index in [9.17, 15) is 4.21 Å². The van der Waals surface area contributed by atoms with Gasteiger partial charge >= 0.3 is 0 Å². The minimum Gasteiger partial charge on any atom is -0.496 e. The molecule has 0 unspecified atom stereocenters. The number of hydrogen-bond donors (Lipinski definition) is 0. The molecule has 0 heterocycles. The minimum absolute atomic E-state index is 0.330. The maximum atomic E-state index is 11.8. The van der Waals surface area contributed by atoms with Gasteiger partial charge in [0.2, 0.25) is 0 Å². The van der Waals surface area contributed by atoms with Gasteiger partial charge in [0, 0.05) is 11.8 Å². The Balaban J connectivity index is 2.97. The summed E-state index contributed by atoms with van der Waals surface area (Å²) in [6.45, 7) is 7.66. The number of ether oxygens (including phenoxy) is 1. The van der Waals surface area contributed by atoms with E-state index in [0.717, 1.165) is 16.9 Å². The molecule has 17 heavy (non-hydrogen) atoms. The summed E-state index contributed by atoms with van der Waals surface area (Å²) in [5.74, 6) is 0.815. The first-order valence-corrected chi connectivity index (χ1v) is 6.56. The Morgan fingerprint density at radius 2 is 2.00 bits per heavy atom. The van der Waals surface area contributed by atoms with Crippen molar-refractivity contribution in [2.75, 3.05) is 7.11 Å². The second kappa shape index (κ2) is 5.45. The van der Waals surface area contributed by atoms with E-state index in [1.807, 2.05) is 45.9 Å². The number of benzene rings is 1. The molecule has 3 nitrogen and oxygen atoms in total. The first-order valence-electron chi connectivity index (χ1n) is 5.46. The molecule has 0 aromatic heterocycles. The van der Waals surface area contributed by atoms with Crippen LogP contribution in [-0.2, 0) is 11.0 Å². The summed E-state index contributed by atoms with van der Waals surface area (Å²) >= 11 is 0. The Hall–Kier alpha value is -1.16.